The largest absolute Gasteiger partial charge is 0.497 e. The van der Waals surface area contributed by atoms with Gasteiger partial charge >= 0.3 is 0 Å². The molecule has 0 radical (unpaired) electrons. The lowest BCUT2D eigenvalue weighted by atomic mass is 9.81. The molecule has 124 valence electrons. The van der Waals surface area contributed by atoms with Gasteiger partial charge in [0.1, 0.15) is 5.75 Å². The van der Waals surface area contributed by atoms with E-state index in [0.29, 0.717) is 12.0 Å². The number of rotatable bonds is 5. The number of ether oxygens (including phenoxy) is 1. The molecule has 1 saturated carbocycles. The number of hydrogen-bond acceptors (Lipinski definition) is 2. The average molecular weight is 332 g/mol. The number of benzene rings is 2. The molecule has 23 heavy (non-hydrogen) atoms. The second kappa shape index (κ2) is 8.95. The van der Waals surface area contributed by atoms with E-state index in [1.54, 1.807) is 7.11 Å². The summed E-state index contributed by atoms with van der Waals surface area (Å²) in [5, 5.41) is 3.74. The maximum Gasteiger partial charge on any atom is 0.118 e. The molecule has 3 rings (SSSR count). The van der Waals surface area contributed by atoms with E-state index in [1.165, 1.54) is 36.8 Å². The molecule has 1 fully saturated rings. The third-order valence-corrected chi connectivity index (χ3v) is 4.70. The zero-order valence-corrected chi connectivity index (χ0v) is 14.5. The summed E-state index contributed by atoms with van der Waals surface area (Å²) >= 11 is 0. The van der Waals surface area contributed by atoms with Crippen molar-refractivity contribution < 1.29 is 4.74 Å². The van der Waals surface area contributed by atoms with Crippen LogP contribution < -0.4 is 10.1 Å². The zero-order valence-electron chi connectivity index (χ0n) is 13.7. The maximum absolute atomic E-state index is 5.25. The first-order chi connectivity index (χ1) is 10.8. The molecular formula is C20H26ClNO. The van der Waals surface area contributed by atoms with Crippen molar-refractivity contribution in [3.63, 3.8) is 0 Å². The Balaban J connectivity index is 0.00000192. The van der Waals surface area contributed by atoms with Crippen molar-refractivity contribution in [1.82, 2.24) is 5.32 Å². The van der Waals surface area contributed by atoms with Crippen molar-refractivity contribution in [3.8, 4) is 5.75 Å². The summed E-state index contributed by atoms with van der Waals surface area (Å²) in [6, 6.07) is 19.9. The quantitative estimate of drug-likeness (QED) is 0.838. The monoisotopic (exact) mass is 331 g/mol. The van der Waals surface area contributed by atoms with Gasteiger partial charge in [-0.1, -0.05) is 48.9 Å². The van der Waals surface area contributed by atoms with Crippen molar-refractivity contribution in [2.75, 3.05) is 7.11 Å². The Morgan fingerprint density at radius 3 is 2.43 bits per heavy atom. The molecule has 1 N–H and O–H groups in total. The molecule has 0 aromatic heterocycles. The minimum absolute atomic E-state index is 0. The van der Waals surface area contributed by atoms with Crippen LogP contribution in [0.25, 0.3) is 0 Å². The van der Waals surface area contributed by atoms with E-state index >= 15 is 0 Å². The Morgan fingerprint density at radius 2 is 1.74 bits per heavy atom. The van der Waals surface area contributed by atoms with Crippen molar-refractivity contribution in [2.24, 2.45) is 0 Å². The normalized spacial score (nSPS) is 20.6. The van der Waals surface area contributed by atoms with Crippen LogP contribution >= 0.6 is 12.4 Å². The van der Waals surface area contributed by atoms with E-state index in [4.69, 9.17) is 4.74 Å². The number of hydrogen-bond donors (Lipinski definition) is 1. The molecule has 0 heterocycles. The summed E-state index contributed by atoms with van der Waals surface area (Å²) in [5.74, 6) is 1.62. The van der Waals surface area contributed by atoms with E-state index in [1.807, 2.05) is 0 Å². The third-order valence-electron chi connectivity index (χ3n) is 4.70. The molecule has 2 atom stereocenters. The second-order valence-electron chi connectivity index (χ2n) is 6.20. The fourth-order valence-electron chi connectivity index (χ4n) is 3.41. The van der Waals surface area contributed by atoms with Crippen molar-refractivity contribution in [1.29, 1.82) is 0 Å². The Morgan fingerprint density at radius 1 is 1.00 bits per heavy atom. The van der Waals surface area contributed by atoms with Crippen LogP contribution in [0, 0.1) is 0 Å². The molecule has 0 amide bonds. The highest BCUT2D eigenvalue weighted by Gasteiger charge is 2.22. The standard InChI is InChI=1S/C20H25NO.ClH/c1-22-20-12-10-17(11-13-20)18-8-5-9-19(14-18)21-15-16-6-3-2-4-7-16;/h2-4,6-7,10-13,18-19,21H,5,8-9,14-15H2,1H3;1H/t18-,19+;/m0./s1. The Hall–Kier alpha value is -1.51. The van der Waals surface area contributed by atoms with Gasteiger partial charge in [-0.05, 0) is 48.4 Å². The van der Waals surface area contributed by atoms with Crippen LogP contribution in [0.4, 0.5) is 0 Å². The van der Waals surface area contributed by atoms with E-state index < -0.39 is 0 Å². The van der Waals surface area contributed by atoms with Gasteiger partial charge in [0.2, 0.25) is 0 Å². The minimum atomic E-state index is 0. The molecule has 0 unspecified atom stereocenters. The van der Waals surface area contributed by atoms with Crippen LogP contribution in [0.1, 0.15) is 42.7 Å². The Labute approximate surface area is 145 Å². The lowest BCUT2D eigenvalue weighted by Gasteiger charge is -2.30. The second-order valence-corrected chi connectivity index (χ2v) is 6.20. The van der Waals surface area contributed by atoms with Crippen LogP contribution in [0.15, 0.2) is 54.6 Å². The topological polar surface area (TPSA) is 21.3 Å². The molecule has 1 aliphatic rings. The summed E-state index contributed by atoms with van der Waals surface area (Å²) < 4.78 is 5.25. The lowest BCUT2D eigenvalue weighted by Crippen LogP contribution is -2.33. The van der Waals surface area contributed by atoms with Gasteiger partial charge in [0, 0.05) is 12.6 Å². The van der Waals surface area contributed by atoms with Gasteiger partial charge in [0.15, 0.2) is 0 Å². The molecular weight excluding hydrogens is 306 g/mol. The van der Waals surface area contributed by atoms with Crippen LogP contribution in [-0.2, 0) is 6.54 Å². The molecule has 0 bridgehead atoms. The van der Waals surface area contributed by atoms with Gasteiger partial charge in [-0.25, -0.2) is 0 Å². The van der Waals surface area contributed by atoms with Crippen LogP contribution in [0.2, 0.25) is 0 Å². The zero-order chi connectivity index (χ0) is 15.2. The molecule has 2 aromatic rings. The fraction of sp³-hybridized carbons (Fsp3) is 0.400. The predicted octanol–water partition coefficient (Wildman–Crippen LogP) is 4.93. The first-order valence-electron chi connectivity index (χ1n) is 8.26. The third kappa shape index (κ3) is 4.98. The smallest absolute Gasteiger partial charge is 0.118 e. The molecule has 3 heteroatoms. The van der Waals surface area contributed by atoms with Gasteiger partial charge in [-0.2, -0.15) is 0 Å². The van der Waals surface area contributed by atoms with Gasteiger partial charge in [0.25, 0.3) is 0 Å². The van der Waals surface area contributed by atoms with Crippen molar-refractivity contribution in [2.45, 2.75) is 44.2 Å². The molecule has 1 aliphatic carbocycles. The fourth-order valence-corrected chi connectivity index (χ4v) is 3.41. The Bertz CT molecular complexity index is 570. The van der Waals surface area contributed by atoms with Gasteiger partial charge in [-0.15, -0.1) is 12.4 Å². The first kappa shape index (κ1) is 17.8. The van der Waals surface area contributed by atoms with E-state index in [-0.39, 0.29) is 12.4 Å². The Kier molecular flexibility index (Phi) is 6.94. The summed E-state index contributed by atoms with van der Waals surface area (Å²) in [7, 11) is 1.72. The molecule has 0 saturated heterocycles. The first-order valence-corrected chi connectivity index (χ1v) is 8.26. The van der Waals surface area contributed by atoms with Crippen LogP contribution in [-0.4, -0.2) is 13.2 Å². The van der Waals surface area contributed by atoms with E-state index in [9.17, 15) is 0 Å². The molecule has 2 nitrogen and oxygen atoms in total. The molecule has 2 aromatic carbocycles. The van der Waals surface area contributed by atoms with Crippen LogP contribution in [0.3, 0.4) is 0 Å². The predicted molar refractivity (Wildman–Crippen MR) is 98.5 cm³/mol. The highest BCUT2D eigenvalue weighted by atomic mass is 35.5. The summed E-state index contributed by atoms with van der Waals surface area (Å²) in [4.78, 5) is 0. The van der Waals surface area contributed by atoms with Gasteiger partial charge in [0.05, 0.1) is 7.11 Å². The van der Waals surface area contributed by atoms with Gasteiger partial charge in [-0.3, -0.25) is 0 Å². The number of halogens is 1. The average Bonchev–Trinajstić information content (AvgIpc) is 2.61. The van der Waals surface area contributed by atoms with E-state index in [0.717, 1.165) is 12.3 Å². The van der Waals surface area contributed by atoms with Crippen molar-refractivity contribution in [3.05, 3.63) is 65.7 Å². The molecule has 0 spiro atoms. The van der Waals surface area contributed by atoms with Crippen molar-refractivity contribution >= 4 is 12.4 Å². The summed E-state index contributed by atoms with van der Waals surface area (Å²) in [5.41, 5.74) is 2.82. The lowest BCUT2D eigenvalue weighted by molar-refractivity contribution is 0.338. The number of methoxy groups -OCH3 is 1. The number of nitrogens with one attached hydrogen (secondary N) is 1. The molecule has 0 aliphatic heterocycles. The maximum atomic E-state index is 5.25. The van der Waals surface area contributed by atoms with Crippen LogP contribution in [0.5, 0.6) is 5.75 Å². The summed E-state index contributed by atoms with van der Waals surface area (Å²) in [6.45, 7) is 0.973. The van der Waals surface area contributed by atoms with E-state index in [2.05, 4.69) is 59.9 Å². The minimum Gasteiger partial charge on any atom is -0.497 e. The van der Waals surface area contributed by atoms with Gasteiger partial charge < -0.3 is 10.1 Å². The SMILES string of the molecule is COc1ccc([C@H]2CCC[C@@H](NCc3ccccc3)C2)cc1.Cl. The summed E-state index contributed by atoms with van der Waals surface area (Å²) in [6.07, 6.45) is 5.14. The highest BCUT2D eigenvalue weighted by molar-refractivity contribution is 5.85. The highest BCUT2D eigenvalue weighted by Crippen LogP contribution is 2.33.